The van der Waals surface area contributed by atoms with Crippen LogP contribution in [-0.4, -0.2) is 27.2 Å². The van der Waals surface area contributed by atoms with E-state index in [2.05, 4.69) is 15.4 Å². The molecule has 1 aliphatic heterocycles. The molecule has 6 nitrogen and oxygen atoms in total. The number of benzene rings is 2. The normalized spacial score (nSPS) is 13.1. The van der Waals surface area contributed by atoms with E-state index in [0.29, 0.717) is 11.5 Å². The van der Waals surface area contributed by atoms with Gasteiger partial charge in [0, 0.05) is 17.0 Å². The van der Waals surface area contributed by atoms with Gasteiger partial charge in [0.1, 0.15) is 16.7 Å². The second kappa shape index (κ2) is 4.17. The van der Waals surface area contributed by atoms with Crippen molar-refractivity contribution < 1.29 is 9.47 Å². The molecule has 0 saturated carbocycles. The predicted octanol–water partition coefficient (Wildman–Crippen LogP) is 2.90. The molecule has 0 spiro atoms. The van der Waals surface area contributed by atoms with Crippen molar-refractivity contribution in [1.29, 1.82) is 0 Å². The summed E-state index contributed by atoms with van der Waals surface area (Å²) in [4.78, 5) is 4.77. The minimum atomic E-state index is 0.235. The fourth-order valence-electron chi connectivity index (χ4n) is 2.77. The van der Waals surface area contributed by atoms with E-state index in [1.54, 1.807) is 0 Å². The van der Waals surface area contributed by atoms with Gasteiger partial charge in [-0.15, -0.1) is 0 Å². The Bertz CT molecular complexity index is 1010. The summed E-state index contributed by atoms with van der Waals surface area (Å²) in [6, 6.07) is 13.7. The van der Waals surface area contributed by atoms with Gasteiger partial charge in [0.2, 0.25) is 6.79 Å². The number of nitrogens with zero attached hydrogens (tertiary/aromatic N) is 3. The second-order valence-electron chi connectivity index (χ2n) is 5.07. The van der Waals surface area contributed by atoms with Gasteiger partial charge in [-0.25, -0.2) is 4.98 Å². The fraction of sp³-hybridized carbons (Fsp3) is 0.0625. The third kappa shape index (κ3) is 1.52. The van der Waals surface area contributed by atoms with Gasteiger partial charge in [-0.2, -0.15) is 15.4 Å². The molecular weight excluding hydrogens is 280 g/mol. The number of nitrogens with one attached hydrogen (secondary N) is 1. The molecule has 0 unspecified atom stereocenters. The number of ether oxygens (including phenoxy) is 2. The summed E-state index contributed by atoms with van der Waals surface area (Å²) in [7, 11) is 0. The summed E-state index contributed by atoms with van der Waals surface area (Å²) in [6.45, 7) is 0.235. The first kappa shape index (κ1) is 11.5. The largest absolute Gasteiger partial charge is 0.454 e. The van der Waals surface area contributed by atoms with Crippen LogP contribution in [-0.2, 0) is 0 Å². The van der Waals surface area contributed by atoms with Crippen molar-refractivity contribution in [3.8, 4) is 22.8 Å². The van der Waals surface area contributed by atoms with E-state index in [0.717, 1.165) is 33.2 Å². The van der Waals surface area contributed by atoms with Crippen LogP contribution >= 0.6 is 0 Å². The van der Waals surface area contributed by atoms with Crippen LogP contribution in [0.5, 0.6) is 11.5 Å². The number of fused-ring (bicyclic) bond motifs is 4. The van der Waals surface area contributed by atoms with Crippen molar-refractivity contribution in [2.45, 2.75) is 0 Å². The Morgan fingerprint density at radius 2 is 1.68 bits per heavy atom. The Labute approximate surface area is 124 Å². The lowest BCUT2D eigenvalue weighted by atomic mass is 10.1. The highest BCUT2D eigenvalue weighted by atomic mass is 16.7. The highest BCUT2D eigenvalue weighted by Crippen LogP contribution is 2.38. The maximum Gasteiger partial charge on any atom is 0.231 e. The number of aromatic amines is 1. The lowest BCUT2D eigenvalue weighted by Crippen LogP contribution is -1.92. The van der Waals surface area contributed by atoms with Gasteiger partial charge < -0.3 is 9.47 Å². The Balaban J connectivity index is 1.90. The lowest BCUT2D eigenvalue weighted by Gasteiger charge is -2.06. The van der Waals surface area contributed by atoms with Crippen LogP contribution in [0.1, 0.15) is 0 Å². The van der Waals surface area contributed by atoms with E-state index in [4.69, 9.17) is 14.5 Å². The van der Waals surface area contributed by atoms with Crippen molar-refractivity contribution in [2.75, 3.05) is 6.79 Å². The number of H-pyrrole nitrogens is 1. The average Bonchev–Trinajstić information content (AvgIpc) is 3.21. The molecule has 22 heavy (non-hydrogen) atoms. The third-order valence-corrected chi connectivity index (χ3v) is 3.80. The van der Waals surface area contributed by atoms with Gasteiger partial charge in [0.25, 0.3) is 0 Å². The van der Waals surface area contributed by atoms with Crippen molar-refractivity contribution in [3.63, 3.8) is 0 Å². The van der Waals surface area contributed by atoms with Gasteiger partial charge in [-0.3, -0.25) is 0 Å². The van der Waals surface area contributed by atoms with Gasteiger partial charge in [0.05, 0.1) is 5.52 Å². The van der Waals surface area contributed by atoms with Crippen LogP contribution in [0.3, 0.4) is 0 Å². The first-order chi connectivity index (χ1) is 10.9. The zero-order valence-corrected chi connectivity index (χ0v) is 11.4. The van der Waals surface area contributed by atoms with Gasteiger partial charge >= 0.3 is 0 Å². The number of rotatable bonds is 1. The highest BCUT2D eigenvalue weighted by molar-refractivity contribution is 6.07. The Morgan fingerprint density at radius 3 is 2.55 bits per heavy atom. The van der Waals surface area contributed by atoms with E-state index >= 15 is 0 Å². The Hall–Kier alpha value is -3.15. The quantitative estimate of drug-likeness (QED) is 0.583. The molecule has 1 aliphatic rings. The van der Waals surface area contributed by atoms with Crippen molar-refractivity contribution in [1.82, 2.24) is 20.4 Å². The van der Waals surface area contributed by atoms with Crippen LogP contribution in [0.15, 0.2) is 42.5 Å². The molecule has 0 amide bonds. The summed E-state index contributed by atoms with van der Waals surface area (Å²) in [5, 5.41) is 12.1. The summed E-state index contributed by atoms with van der Waals surface area (Å²) in [5.41, 5.74) is 4.14. The Morgan fingerprint density at radius 1 is 0.909 bits per heavy atom. The van der Waals surface area contributed by atoms with Crippen LogP contribution in [0, 0.1) is 0 Å². The molecule has 2 aromatic carbocycles. The smallest absolute Gasteiger partial charge is 0.231 e. The molecular formula is C16H10N4O2. The van der Waals surface area contributed by atoms with Crippen LogP contribution in [0.2, 0.25) is 0 Å². The second-order valence-corrected chi connectivity index (χ2v) is 5.07. The molecule has 6 heteroatoms. The van der Waals surface area contributed by atoms with Gasteiger partial charge in [0.15, 0.2) is 11.5 Å². The van der Waals surface area contributed by atoms with Gasteiger partial charge in [-0.05, 0) is 6.07 Å². The summed E-state index contributed by atoms with van der Waals surface area (Å²) in [5.74, 6) is 1.42. The van der Waals surface area contributed by atoms with E-state index in [1.165, 1.54) is 0 Å². The molecule has 0 fully saturated rings. The molecule has 4 aromatic rings. The molecule has 0 saturated heterocycles. The van der Waals surface area contributed by atoms with E-state index in [9.17, 15) is 0 Å². The molecule has 0 aliphatic carbocycles. The van der Waals surface area contributed by atoms with Gasteiger partial charge in [-0.1, -0.05) is 30.3 Å². The summed E-state index contributed by atoms with van der Waals surface area (Å²) < 4.78 is 10.9. The molecule has 3 heterocycles. The topological polar surface area (TPSA) is 72.9 Å². The molecule has 0 bridgehead atoms. The average molecular weight is 290 g/mol. The summed E-state index contributed by atoms with van der Waals surface area (Å²) >= 11 is 0. The molecule has 0 radical (unpaired) electrons. The lowest BCUT2D eigenvalue weighted by molar-refractivity contribution is 0.174. The fourth-order valence-corrected chi connectivity index (χ4v) is 2.77. The monoisotopic (exact) mass is 290 g/mol. The zero-order chi connectivity index (χ0) is 14.5. The van der Waals surface area contributed by atoms with Crippen molar-refractivity contribution in [2.24, 2.45) is 0 Å². The summed E-state index contributed by atoms with van der Waals surface area (Å²) in [6.07, 6.45) is 0. The molecule has 0 atom stereocenters. The number of pyridine rings is 1. The maximum atomic E-state index is 5.44. The molecule has 106 valence electrons. The SMILES string of the molecule is c1ccc(-c2nc3cc4c(cc3c3n[nH]nc23)OCO4)cc1. The maximum absolute atomic E-state index is 5.44. The van der Waals surface area contributed by atoms with E-state index in [1.807, 2.05) is 42.5 Å². The van der Waals surface area contributed by atoms with Crippen LogP contribution in [0.25, 0.3) is 33.2 Å². The third-order valence-electron chi connectivity index (χ3n) is 3.80. The van der Waals surface area contributed by atoms with Crippen LogP contribution < -0.4 is 9.47 Å². The first-order valence-electron chi connectivity index (χ1n) is 6.89. The number of hydrogen-bond donors (Lipinski definition) is 1. The van der Waals surface area contributed by atoms with Crippen LogP contribution in [0.4, 0.5) is 0 Å². The molecule has 5 rings (SSSR count). The zero-order valence-electron chi connectivity index (χ0n) is 11.4. The van der Waals surface area contributed by atoms with Crippen molar-refractivity contribution in [3.05, 3.63) is 42.5 Å². The van der Waals surface area contributed by atoms with Crippen molar-refractivity contribution >= 4 is 21.9 Å². The number of hydrogen-bond acceptors (Lipinski definition) is 5. The molecule has 1 N–H and O–H groups in total. The predicted molar refractivity (Wildman–Crippen MR) is 80.7 cm³/mol. The Kier molecular flexibility index (Phi) is 2.18. The first-order valence-corrected chi connectivity index (χ1v) is 6.89. The molecule has 2 aromatic heterocycles. The number of aromatic nitrogens is 4. The minimum Gasteiger partial charge on any atom is -0.454 e. The standard InChI is InChI=1S/C16H10N4O2/c1-2-4-9(5-3-1)14-16-15(18-20-19-16)10-6-12-13(22-8-21-12)7-11(10)17-14/h1-7H,8H2,(H,18,19,20). The minimum absolute atomic E-state index is 0.235. The highest BCUT2D eigenvalue weighted by Gasteiger charge is 2.19. The van der Waals surface area contributed by atoms with E-state index in [-0.39, 0.29) is 6.79 Å². The van der Waals surface area contributed by atoms with E-state index < -0.39 is 0 Å².